The second-order valence-corrected chi connectivity index (χ2v) is 5.88. The highest BCUT2D eigenvalue weighted by Gasteiger charge is 2.56. The van der Waals surface area contributed by atoms with Gasteiger partial charge in [-0.2, -0.15) is 0 Å². The number of aromatic nitrogens is 1. The molecule has 3 rings (SSSR count). The van der Waals surface area contributed by atoms with E-state index in [0.29, 0.717) is 24.6 Å². The van der Waals surface area contributed by atoms with Gasteiger partial charge in [-0.3, -0.25) is 9.59 Å². The molecule has 1 aromatic rings. The fraction of sp³-hybridized carbons (Fsp3) is 0.643. The quantitative estimate of drug-likeness (QED) is 0.888. The number of hydrogen-bond acceptors (Lipinski definition) is 4. The van der Waals surface area contributed by atoms with Crippen LogP contribution in [0.15, 0.2) is 4.42 Å². The minimum Gasteiger partial charge on any atom is -0.481 e. The van der Waals surface area contributed by atoms with Crippen molar-refractivity contribution in [2.24, 2.45) is 11.3 Å². The number of nitrogens with zero attached hydrogens (tertiary/aromatic N) is 2. The fourth-order valence-electron chi connectivity index (χ4n) is 3.67. The number of amides is 1. The predicted octanol–water partition coefficient (Wildman–Crippen LogP) is 1.62. The Bertz CT molecular complexity index is 580. The molecule has 0 aromatic carbocycles. The number of hydrogen-bond donors (Lipinski definition) is 1. The average molecular weight is 278 g/mol. The summed E-state index contributed by atoms with van der Waals surface area (Å²) in [5.74, 6) is -0.256. The summed E-state index contributed by atoms with van der Waals surface area (Å²) in [6.07, 6.45) is 2.47. The number of carbonyl (C=O) groups is 2. The zero-order chi connectivity index (χ0) is 14.5. The Morgan fingerprint density at radius 1 is 1.45 bits per heavy atom. The third-order valence-electron chi connectivity index (χ3n) is 4.68. The maximum Gasteiger partial charge on any atom is 0.311 e. The van der Waals surface area contributed by atoms with Gasteiger partial charge in [-0.15, -0.1) is 0 Å². The summed E-state index contributed by atoms with van der Waals surface area (Å²) in [7, 11) is 0. The minimum absolute atomic E-state index is 0.0632. The van der Waals surface area contributed by atoms with Crippen LogP contribution in [0.25, 0.3) is 0 Å². The van der Waals surface area contributed by atoms with Crippen molar-refractivity contribution in [3.63, 3.8) is 0 Å². The van der Waals surface area contributed by atoms with Crippen molar-refractivity contribution in [2.75, 3.05) is 13.1 Å². The molecular weight excluding hydrogens is 260 g/mol. The molecule has 0 spiro atoms. The lowest BCUT2D eigenvalue weighted by Gasteiger charge is -2.23. The molecule has 108 valence electrons. The van der Waals surface area contributed by atoms with Crippen LogP contribution >= 0.6 is 0 Å². The maximum absolute atomic E-state index is 12.5. The number of oxazole rings is 1. The standard InChI is InChI=1S/C14H18N2O4/c1-8-11(20-9(2)15-8)12(17)16-6-10-4-3-5-14(10,7-16)13(18)19/h10H,3-7H2,1-2H3,(H,18,19)/t10-,14+/m0/s1. The van der Waals surface area contributed by atoms with Crippen LogP contribution in [0.4, 0.5) is 0 Å². The molecule has 1 aromatic heterocycles. The topological polar surface area (TPSA) is 83.6 Å². The third-order valence-corrected chi connectivity index (χ3v) is 4.68. The van der Waals surface area contributed by atoms with Crippen LogP contribution in [0, 0.1) is 25.2 Å². The van der Waals surface area contributed by atoms with E-state index in [4.69, 9.17) is 4.42 Å². The van der Waals surface area contributed by atoms with E-state index >= 15 is 0 Å². The SMILES string of the molecule is Cc1nc(C)c(C(=O)N2C[C@@H]3CCC[C@@]3(C(=O)O)C2)o1. The summed E-state index contributed by atoms with van der Waals surface area (Å²) in [5, 5.41) is 9.53. The average Bonchev–Trinajstić information content (AvgIpc) is 2.99. The Kier molecular flexibility index (Phi) is 2.84. The second-order valence-electron chi connectivity index (χ2n) is 5.88. The van der Waals surface area contributed by atoms with Crippen molar-refractivity contribution in [3.05, 3.63) is 17.3 Å². The van der Waals surface area contributed by atoms with Crippen LogP contribution < -0.4 is 0 Å². The first kappa shape index (κ1) is 13.1. The molecule has 0 radical (unpaired) electrons. The molecule has 2 aliphatic rings. The van der Waals surface area contributed by atoms with Crippen molar-refractivity contribution in [1.82, 2.24) is 9.88 Å². The van der Waals surface area contributed by atoms with E-state index in [1.165, 1.54) is 0 Å². The highest BCUT2D eigenvalue weighted by Crippen LogP contribution is 2.49. The first-order chi connectivity index (χ1) is 9.44. The Labute approximate surface area is 116 Å². The summed E-state index contributed by atoms with van der Waals surface area (Å²) >= 11 is 0. The first-order valence-electron chi connectivity index (χ1n) is 6.91. The number of fused-ring (bicyclic) bond motifs is 1. The first-order valence-corrected chi connectivity index (χ1v) is 6.91. The Hall–Kier alpha value is -1.85. The summed E-state index contributed by atoms with van der Waals surface area (Å²) < 4.78 is 5.35. The van der Waals surface area contributed by atoms with Gasteiger partial charge in [0.05, 0.1) is 11.1 Å². The number of carboxylic acid groups (broad SMARTS) is 1. The molecular formula is C14H18N2O4. The Morgan fingerprint density at radius 2 is 2.20 bits per heavy atom. The van der Waals surface area contributed by atoms with E-state index in [1.807, 2.05) is 0 Å². The zero-order valence-electron chi connectivity index (χ0n) is 11.7. The molecule has 1 saturated carbocycles. The molecule has 20 heavy (non-hydrogen) atoms. The van der Waals surface area contributed by atoms with Gasteiger partial charge in [0.2, 0.25) is 5.76 Å². The van der Waals surface area contributed by atoms with Crippen molar-refractivity contribution >= 4 is 11.9 Å². The largest absolute Gasteiger partial charge is 0.481 e. The van der Waals surface area contributed by atoms with E-state index in [9.17, 15) is 14.7 Å². The number of aryl methyl sites for hydroxylation is 2. The molecule has 2 atom stereocenters. The molecule has 0 bridgehead atoms. The van der Waals surface area contributed by atoms with Gasteiger partial charge in [0.25, 0.3) is 5.91 Å². The number of carboxylic acids is 1. The van der Waals surface area contributed by atoms with Crippen molar-refractivity contribution in [2.45, 2.75) is 33.1 Å². The molecule has 1 aliphatic carbocycles. The van der Waals surface area contributed by atoms with E-state index in [1.54, 1.807) is 18.7 Å². The van der Waals surface area contributed by atoms with E-state index < -0.39 is 11.4 Å². The Balaban J connectivity index is 1.85. The second kappa shape index (κ2) is 4.33. The molecule has 1 aliphatic heterocycles. The van der Waals surface area contributed by atoms with Gasteiger partial charge in [0, 0.05) is 20.0 Å². The lowest BCUT2D eigenvalue weighted by atomic mass is 9.81. The normalized spacial score (nSPS) is 28.7. The van der Waals surface area contributed by atoms with Gasteiger partial charge in [0.1, 0.15) is 0 Å². The van der Waals surface area contributed by atoms with Gasteiger partial charge in [-0.1, -0.05) is 6.42 Å². The molecule has 2 heterocycles. The van der Waals surface area contributed by atoms with Crippen LogP contribution in [0.1, 0.15) is 41.4 Å². The highest BCUT2D eigenvalue weighted by atomic mass is 16.4. The lowest BCUT2D eigenvalue weighted by molar-refractivity contribution is -0.149. The van der Waals surface area contributed by atoms with E-state index in [0.717, 1.165) is 12.8 Å². The predicted molar refractivity (Wildman–Crippen MR) is 69.3 cm³/mol. The van der Waals surface area contributed by atoms with Gasteiger partial charge in [-0.25, -0.2) is 4.98 Å². The van der Waals surface area contributed by atoms with Crippen LogP contribution in [0.3, 0.4) is 0 Å². The summed E-state index contributed by atoms with van der Waals surface area (Å²) in [6.45, 7) is 4.21. The van der Waals surface area contributed by atoms with Gasteiger partial charge < -0.3 is 14.4 Å². The van der Waals surface area contributed by atoms with Crippen LogP contribution in [0.2, 0.25) is 0 Å². The molecule has 6 nitrogen and oxygen atoms in total. The van der Waals surface area contributed by atoms with Crippen molar-refractivity contribution in [3.8, 4) is 0 Å². The van der Waals surface area contributed by atoms with E-state index in [2.05, 4.69) is 4.98 Å². The number of carbonyl (C=O) groups excluding carboxylic acids is 1. The smallest absolute Gasteiger partial charge is 0.311 e. The number of likely N-dealkylation sites (tertiary alicyclic amines) is 1. The molecule has 0 unspecified atom stereocenters. The van der Waals surface area contributed by atoms with E-state index in [-0.39, 0.29) is 24.1 Å². The minimum atomic E-state index is -0.777. The van der Waals surface area contributed by atoms with Crippen LogP contribution in [0.5, 0.6) is 0 Å². The van der Waals surface area contributed by atoms with Gasteiger partial charge in [0.15, 0.2) is 5.89 Å². The number of rotatable bonds is 2. The van der Waals surface area contributed by atoms with Gasteiger partial charge in [-0.05, 0) is 25.7 Å². The highest BCUT2D eigenvalue weighted by molar-refractivity contribution is 5.93. The number of aliphatic carboxylic acids is 1. The van der Waals surface area contributed by atoms with Gasteiger partial charge >= 0.3 is 5.97 Å². The zero-order valence-corrected chi connectivity index (χ0v) is 11.7. The molecule has 2 fully saturated rings. The molecule has 1 N–H and O–H groups in total. The monoisotopic (exact) mass is 278 g/mol. The molecule has 1 saturated heterocycles. The summed E-state index contributed by atoms with van der Waals surface area (Å²) in [4.78, 5) is 29.8. The molecule has 1 amide bonds. The lowest BCUT2D eigenvalue weighted by Crippen LogP contribution is -2.37. The maximum atomic E-state index is 12.5. The third kappa shape index (κ3) is 1.74. The van der Waals surface area contributed by atoms with Crippen molar-refractivity contribution in [1.29, 1.82) is 0 Å². The summed E-state index contributed by atoms with van der Waals surface area (Å²) in [6, 6.07) is 0. The Morgan fingerprint density at radius 3 is 2.75 bits per heavy atom. The van der Waals surface area contributed by atoms with Crippen LogP contribution in [-0.4, -0.2) is 40.0 Å². The summed E-state index contributed by atoms with van der Waals surface area (Å²) in [5.41, 5.74) is -0.188. The fourth-order valence-corrected chi connectivity index (χ4v) is 3.67. The van der Waals surface area contributed by atoms with Crippen molar-refractivity contribution < 1.29 is 19.1 Å². The molecule has 6 heteroatoms. The van der Waals surface area contributed by atoms with Crippen LogP contribution in [-0.2, 0) is 4.79 Å².